The van der Waals surface area contributed by atoms with E-state index in [2.05, 4.69) is 5.32 Å². The number of carboxylic acids is 2. The molecule has 0 heterocycles. The average Bonchev–Trinajstić information content (AvgIpc) is 2.16. The predicted octanol–water partition coefficient (Wildman–Crippen LogP) is 1.41. The van der Waals surface area contributed by atoms with Crippen LogP contribution in [0.25, 0.3) is 0 Å². The normalized spacial score (nSPS) is 9.81. The van der Waals surface area contributed by atoms with Crippen molar-refractivity contribution in [3.63, 3.8) is 0 Å². The summed E-state index contributed by atoms with van der Waals surface area (Å²) >= 11 is 0. The van der Waals surface area contributed by atoms with Gasteiger partial charge in [-0.25, -0.2) is 9.18 Å². The lowest BCUT2D eigenvalue weighted by Gasteiger charge is -2.05. The smallest absolute Gasteiger partial charge is 0.335 e. The molecular weight excluding hydrogens is 217 g/mol. The summed E-state index contributed by atoms with van der Waals surface area (Å²) in [6.07, 6.45) is -0.126. The topological polar surface area (TPSA) is 86.6 Å². The maximum absolute atomic E-state index is 13.0. The predicted molar refractivity (Wildman–Crippen MR) is 54.1 cm³/mol. The number of benzene rings is 1. The number of rotatable bonds is 5. The van der Waals surface area contributed by atoms with Gasteiger partial charge in [-0.3, -0.25) is 4.79 Å². The molecule has 0 spiro atoms. The molecule has 0 radical (unpaired) electrons. The van der Waals surface area contributed by atoms with Gasteiger partial charge in [-0.05, 0) is 18.2 Å². The zero-order valence-electron chi connectivity index (χ0n) is 8.24. The Morgan fingerprint density at radius 1 is 1.25 bits per heavy atom. The highest BCUT2D eigenvalue weighted by Crippen LogP contribution is 2.14. The second-order valence-electron chi connectivity index (χ2n) is 3.10. The molecule has 0 saturated heterocycles. The molecule has 86 valence electrons. The van der Waals surface area contributed by atoms with Crippen molar-refractivity contribution in [3.05, 3.63) is 29.6 Å². The fraction of sp³-hybridized carbons (Fsp3) is 0.200. The average molecular weight is 227 g/mol. The van der Waals surface area contributed by atoms with Crippen molar-refractivity contribution in [2.75, 3.05) is 11.9 Å². The Balaban J connectivity index is 2.72. The molecule has 0 aliphatic rings. The van der Waals surface area contributed by atoms with Gasteiger partial charge in [0.1, 0.15) is 5.82 Å². The first-order chi connectivity index (χ1) is 7.49. The van der Waals surface area contributed by atoms with Crippen LogP contribution < -0.4 is 5.32 Å². The second-order valence-corrected chi connectivity index (χ2v) is 3.10. The summed E-state index contributed by atoms with van der Waals surface area (Å²) in [5.41, 5.74) is 0.0662. The molecule has 0 aliphatic heterocycles. The van der Waals surface area contributed by atoms with E-state index in [1.807, 2.05) is 0 Å². The maximum atomic E-state index is 13.0. The van der Waals surface area contributed by atoms with E-state index in [0.717, 1.165) is 12.1 Å². The summed E-state index contributed by atoms with van der Waals surface area (Å²) in [5, 5.41) is 19.7. The fourth-order valence-electron chi connectivity index (χ4n) is 1.13. The molecule has 0 atom stereocenters. The zero-order chi connectivity index (χ0) is 12.1. The van der Waals surface area contributed by atoms with Crippen LogP contribution in [0.3, 0.4) is 0 Å². The van der Waals surface area contributed by atoms with Crippen LogP contribution in [0.5, 0.6) is 0 Å². The van der Waals surface area contributed by atoms with E-state index in [-0.39, 0.29) is 24.2 Å². The van der Waals surface area contributed by atoms with E-state index in [9.17, 15) is 14.0 Å². The van der Waals surface area contributed by atoms with E-state index in [1.54, 1.807) is 0 Å². The lowest BCUT2D eigenvalue weighted by Crippen LogP contribution is -2.08. The number of hydrogen-bond donors (Lipinski definition) is 3. The number of carbonyl (C=O) groups is 2. The van der Waals surface area contributed by atoms with Crippen LogP contribution in [-0.2, 0) is 4.79 Å². The lowest BCUT2D eigenvalue weighted by atomic mass is 10.2. The fourth-order valence-corrected chi connectivity index (χ4v) is 1.13. The SMILES string of the molecule is O=C(O)CCNc1cc(F)cc(C(=O)O)c1. The minimum absolute atomic E-state index is 0.109. The van der Waals surface area contributed by atoms with Gasteiger partial charge in [0.25, 0.3) is 0 Å². The molecule has 0 fully saturated rings. The van der Waals surface area contributed by atoms with Crippen molar-refractivity contribution in [3.8, 4) is 0 Å². The van der Waals surface area contributed by atoms with Gasteiger partial charge in [0.15, 0.2) is 0 Å². The van der Waals surface area contributed by atoms with Crippen molar-refractivity contribution in [1.82, 2.24) is 0 Å². The number of carboxylic acid groups (broad SMARTS) is 2. The molecule has 1 aromatic carbocycles. The molecule has 5 nitrogen and oxygen atoms in total. The largest absolute Gasteiger partial charge is 0.481 e. The highest BCUT2D eigenvalue weighted by atomic mass is 19.1. The Bertz CT molecular complexity index is 419. The van der Waals surface area contributed by atoms with Crippen molar-refractivity contribution < 1.29 is 24.2 Å². The van der Waals surface area contributed by atoms with Crippen LogP contribution >= 0.6 is 0 Å². The van der Waals surface area contributed by atoms with Crippen LogP contribution in [0.15, 0.2) is 18.2 Å². The molecule has 0 unspecified atom stereocenters. The molecular formula is C10H10FNO4. The van der Waals surface area contributed by atoms with Gasteiger partial charge in [-0.2, -0.15) is 0 Å². The first-order valence-electron chi connectivity index (χ1n) is 4.48. The third-order valence-electron chi connectivity index (χ3n) is 1.81. The van der Waals surface area contributed by atoms with Crippen LogP contribution in [0.2, 0.25) is 0 Å². The minimum atomic E-state index is -1.24. The summed E-state index contributed by atoms with van der Waals surface area (Å²) < 4.78 is 13.0. The molecule has 0 bridgehead atoms. The van der Waals surface area contributed by atoms with E-state index < -0.39 is 17.8 Å². The van der Waals surface area contributed by atoms with Crippen LogP contribution in [0.1, 0.15) is 16.8 Å². The first-order valence-corrected chi connectivity index (χ1v) is 4.48. The Morgan fingerprint density at radius 3 is 2.50 bits per heavy atom. The van der Waals surface area contributed by atoms with Crippen LogP contribution in [0, 0.1) is 5.82 Å². The summed E-state index contributed by atoms with van der Waals surface area (Å²) in [6.45, 7) is 0.109. The summed E-state index contributed by atoms with van der Waals surface area (Å²) in [7, 11) is 0. The third kappa shape index (κ3) is 3.56. The number of aromatic carboxylic acids is 1. The molecule has 0 amide bonds. The number of anilines is 1. The molecule has 1 rings (SSSR count). The summed E-state index contributed by atoms with van der Waals surface area (Å²) in [6, 6.07) is 3.24. The number of nitrogens with one attached hydrogen (secondary N) is 1. The number of hydrogen-bond acceptors (Lipinski definition) is 3. The molecule has 1 aromatic rings. The van der Waals surface area contributed by atoms with Gasteiger partial charge in [0.05, 0.1) is 12.0 Å². The van der Waals surface area contributed by atoms with Crippen LogP contribution in [0.4, 0.5) is 10.1 Å². The molecule has 3 N–H and O–H groups in total. The highest BCUT2D eigenvalue weighted by Gasteiger charge is 2.07. The summed E-state index contributed by atoms with van der Waals surface area (Å²) in [5.74, 6) is -2.90. The lowest BCUT2D eigenvalue weighted by molar-refractivity contribution is -0.136. The van der Waals surface area contributed by atoms with E-state index in [1.165, 1.54) is 6.07 Å². The molecule has 0 aliphatic carbocycles. The number of halogens is 1. The minimum Gasteiger partial charge on any atom is -0.481 e. The first kappa shape index (κ1) is 12.0. The highest BCUT2D eigenvalue weighted by molar-refractivity contribution is 5.88. The van der Waals surface area contributed by atoms with Crippen molar-refractivity contribution in [1.29, 1.82) is 0 Å². The van der Waals surface area contributed by atoms with Crippen LogP contribution in [-0.4, -0.2) is 28.7 Å². The zero-order valence-corrected chi connectivity index (χ0v) is 8.24. The number of aliphatic carboxylic acids is 1. The second kappa shape index (κ2) is 5.11. The van der Waals surface area contributed by atoms with E-state index >= 15 is 0 Å². The molecule has 0 saturated carbocycles. The Kier molecular flexibility index (Phi) is 3.82. The molecule has 0 aromatic heterocycles. The van der Waals surface area contributed by atoms with Gasteiger partial charge in [-0.1, -0.05) is 0 Å². The van der Waals surface area contributed by atoms with Crippen molar-refractivity contribution >= 4 is 17.6 Å². The van der Waals surface area contributed by atoms with E-state index in [0.29, 0.717) is 0 Å². The van der Waals surface area contributed by atoms with Crippen molar-refractivity contribution in [2.45, 2.75) is 6.42 Å². The van der Waals surface area contributed by atoms with Gasteiger partial charge in [-0.15, -0.1) is 0 Å². The van der Waals surface area contributed by atoms with Gasteiger partial charge in [0, 0.05) is 12.2 Å². The Morgan fingerprint density at radius 2 is 1.94 bits per heavy atom. The van der Waals surface area contributed by atoms with Gasteiger partial charge >= 0.3 is 11.9 Å². The van der Waals surface area contributed by atoms with Gasteiger partial charge < -0.3 is 15.5 Å². The third-order valence-corrected chi connectivity index (χ3v) is 1.81. The Hall–Kier alpha value is -2.11. The van der Waals surface area contributed by atoms with Gasteiger partial charge in [0.2, 0.25) is 0 Å². The quantitative estimate of drug-likeness (QED) is 0.708. The molecule has 6 heteroatoms. The molecule has 16 heavy (non-hydrogen) atoms. The Labute approximate surface area is 90.5 Å². The summed E-state index contributed by atoms with van der Waals surface area (Å²) in [4.78, 5) is 20.8. The standard InChI is InChI=1S/C10H10FNO4/c11-7-3-6(10(15)16)4-8(5-7)12-2-1-9(13)14/h3-5,12H,1-2H2,(H,13,14)(H,15,16). The van der Waals surface area contributed by atoms with Crippen molar-refractivity contribution in [2.24, 2.45) is 0 Å². The van der Waals surface area contributed by atoms with E-state index in [4.69, 9.17) is 10.2 Å². The maximum Gasteiger partial charge on any atom is 0.335 e. The monoisotopic (exact) mass is 227 g/mol.